The molecule has 0 bridgehead atoms. The second-order valence-electron chi connectivity index (χ2n) is 5.14. The smallest absolute Gasteiger partial charge is 0.255 e. The number of hydrogen-bond donors (Lipinski definition) is 2. The Balaban J connectivity index is 2.55. The van der Waals surface area contributed by atoms with E-state index in [1.165, 1.54) is 0 Å². The van der Waals surface area contributed by atoms with Crippen LogP contribution >= 0.6 is 0 Å². The summed E-state index contributed by atoms with van der Waals surface area (Å²) in [5.74, 6) is -0.539. The first-order chi connectivity index (χ1) is 10.6. The first-order valence-electron chi connectivity index (χ1n) is 6.92. The Hall–Kier alpha value is -2.53. The Morgan fingerprint density at radius 2 is 1.86 bits per heavy atom. The molecular formula is C17H20N2O3. The van der Waals surface area contributed by atoms with Crippen LogP contribution in [-0.4, -0.2) is 32.3 Å². The van der Waals surface area contributed by atoms with Crippen molar-refractivity contribution in [3.63, 3.8) is 0 Å². The third-order valence-electron chi connectivity index (χ3n) is 3.55. The molecule has 1 unspecified atom stereocenters. The van der Waals surface area contributed by atoms with Crippen molar-refractivity contribution in [3.8, 4) is 5.75 Å². The first kappa shape index (κ1) is 15.9. The molecule has 0 aliphatic rings. The number of nitrogens with zero attached hydrogens (tertiary/aromatic N) is 1. The summed E-state index contributed by atoms with van der Waals surface area (Å²) in [4.78, 5) is 14.1. The van der Waals surface area contributed by atoms with Crippen molar-refractivity contribution in [2.45, 2.75) is 5.92 Å². The number of amides is 1. The van der Waals surface area contributed by atoms with Gasteiger partial charge in [0, 0.05) is 31.4 Å². The summed E-state index contributed by atoms with van der Waals surface area (Å²) in [5, 5.41) is 9.09. The van der Waals surface area contributed by atoms with E-state index in [9.17, 15) is 4.79 Å². The predicted octanol–water partition coefficient (Wildman–Crippen LogP) is 2.40. The van der Waals surface area contributed by atoms with Gasteiger partial charge in [-0.2, -0.15) is 0 Å². The summed E-state index contributed by atoms with van der Waals surface area (Å²) >= 11 is 0. The highest BCUT2D eigenvalue weighted by Crippen LogP contribution is 2.34. The van der Waals surface area contributed by atoms with Crippen LogP contribution < -0.4 is 15.1 Å². The van der Waals surface area contributed by atoms with Crippen LogP contribution in [0.4, 0.5) is 5.69 Å². The Morgan fingerprint density at radius 1 is 1.18 bits per heavy atom. The van der Waals surface area contributed by atoms with Crippen LogP contribution in [0, 0.1) is 0 Å². The van der Waals surface area contributed by atoms with Gasteiger partial charge in [0.15, 0.2) is 0 Å². The summed E-state index contributed by atoms with van der Waals surface area (Å²) in [6.07, 6.45) is 0. The van der Waals surface area contributed by atoms with E-state index in [-0.39, 0.29) is 0 Å². The fourth-order valence-electron chi connectivity index (χ4n) is 2.40. The largest absolute Gasteiger partial charge is 0.496 e. The molecule has 1 amide bonds. The summed E-state index contributed by atoms with van der Waals surface area (Å²) in [6.45, 7) is 0. The number of ether oxygens (including phenoxy) is 1. The Bertz CT molecular complexity index is 642. The molecule has 116 valence electrons. The van der Waals surface area contributed by atoms with Gasteiger partial charge < -0.3 is 9.64 Å². The van der Waals surface area contributed by atoms with Crippen molar-refractivity contribution in [1.29, 1.82) is 0 Å². The van der Waals surface area contributed by atoms with E-state index >= 15 is 0 Å². The Morgan fingerprint density at radius 3 is 2.41 bits per heavy atom. The van der Waals surface area contributed by atoms with E-state index in [1.54, 1.807) is 12.6 Å². The minimum atomic E-state index is -0.641. The van der Waals surface area contributed by atoms with Crippen LogP contribution in [0.15, 0.2) is 48.5 Å². The summed E-state index contributed by atoms with van der Waals surface area (Å²) < 4.78 is 5.44. The molecule has 0 fully saturated rings. The number of hydroxylamine groups is 1. The number of benzene rings is 2. The van der Waals surface area contributed by atoms with Crippen LogP contribution in [0.2, 0.25) is 0 Å². The van der Waals surface area contributed by atoms with Crippen LogP contribution in [0.3, 0.4) is 0 Å². The fraction of sp³-hybridized carbons (Fsp3) is 0.235. The van der Waals surface area contributed by atoms with Gasteiger partial charge in [-0.25, -0.2) is 5.48 Å². The topological polar surface area (TPSA) is 61.8 Å². The second kappa shape index (κ2) is 6.95. The number of anilines is 1. The van der Waals surface area contributed by atoms with Gasteiger partial charge in [-0.3, -0.25) is 10.0 Å². The van der Waals surface area contributed by atoms with Gasteiger partial charge in [0.25, 0.3) is 5.91 Å². The average molecular weight is 300 g/mol. The molecule has 1 atom stereocenters. The molecule has 2 aromatic carbocycles. The predicted molar refractivity (Wildman–Crippen MR) is 85.5 cm³/mol. The minimum Gasteiger partial charge on any atom is -0.496 e. The molecule has 5 heteroatoms. The van der Waals surface area contributed by atoms with E-state index in [2.05, 4.69) is 0 Å². The molecule has 0 aliphatic carbocycles. The molecule has 2 aromatic rings. The Kier molecular flexibility index (Phi) is 5.01. The lowest BCUT2D eigenvalue weighted by Crippen LogP contribution is -2.27. The van der Waals surface area contributed by atoms with Crippen molar-refractivity contribution in [2.75, 3.05) is 26.1 Å². The van der Waals surface area contributed by atoms with Crippen molar-refractivity contribution >= 4 is 11.6 Å². The van der Waals surface area contributed by atoms with Gasteiger partial charge in [-0.05, 0) is 11.6 Å². The molecule has 0 spiro atoms. The van der Waals surface area contributed by atoms with Gasteiger partial charge >= 0.3 is 0 Å². The highest BCUT2D eigenvalue weighted by atomic mass is 16.5. The summed E-state index contributed by atoms with van der Waals surface area (Å²) in [6, 6.07) is 14.9. The van der Waals surface area contributed by atoms with Gasteiger partial charge in [-0.1, -0.05) is 36.4 Å². The number of methoxy groups -OCH3 is 1. The van der Waals surface area contributed by atoms with Crippen LogP contribution in [0.1, 0.15) is 17.0 Å². The minimum absolute atomic E-state index is 0.498. The highest BCUT2D eigenvalue weighted by molar-refractivity contribution is 5.87. The monoisotopic (exact) mass is 300 g/mol. The normalized spacial score (nSPS) is 11.6. The van der Waals surface area contributed by atoms with E-state index in [1.807, 2.05) is 67.5 Å². The van der Waals surface area contributed by atoms with Gasteiger partial charge in [0.2, 0.25) is 0 Å². The zero-order chi connectivity index (χ0) is 16.1. The molecule has 22 heavy (non-hydrogen) atoms. The molecule has 2 N–H and O–H groups in total. The van der Waals surface area contributed by atoms with Crippen molar-refractivity contribution in [1.82, 2.24) is 5.48 Å². The molecule has 0 aromatic heterocycles. The quantitative estimate of drug-likeness (QED) is 0.657. The number of nitrogens with one attached hydrogen (secondary N) is 1. The number of hydrogen-bond acceptors (Lipinski definition) is 4. The zero-order valence-electron chi connectivity index (χ0n) is 12.9. The third kappa shape index (κ3) is 3.20. The van der Waals surface area contributed by atoms with E-state index in [0.29, 0.717) is 11.3 Å². The molecule has 2 rings (SSSR count). The van der Waals surface area contributed by atoms with Crippen LogP contribution in [-0.2, 0) is 4.79 Å². The molecular weight excluding hydrogens is 280 g/mol. The standard InChI is InChI=1S/C17H20N2O3/c1-19(2)13-9-10-14(15(11-13)22-3)16(17(20)18-21)12-7-5-4-6-8-12/h4-11,16,21H,1-3H3,(H,18,20). The molecule has 5 nitrogen and oxygen atoms in total. The van der Waals surface area contributed by atoms with Crippen molar-refractivity contribution < 1.29 is 14.7 Å². The van der Waals surface area contributed by atoms with Crippen LogP contribution in [0.25, 0.3) is 0 Å². The highest BCUT2D eigenvalue weighted by Gasteiger charge is 2.25. The van der Waals surface area contributed by atoms with E-state index in [4.69, 9.17) is 9.94 Å². The van der Waals surface area contributed by atoms with Crippen molar-refractivity contribution in [3.05, 3.63) is 59.7 Å². The lowest BCUT2D eigenvalue weighted by atomic mass is 9.89. The number of carbonyl (C=O) groups excluding carboxylic acids is 1. The maximum Gasteiger partial charge on any atom is 0.255 e. The molecule has 0 saturated carbocycles. The lowest BCUT2D eigenvalue weighted by molar-refractivity contribution is -0.129. The molecule has 0 saturated heterocycles. The zero-order valence-corrected chi connectivity index (χ0v) is 12.9. The maximum absolute atomic E-state index is 12.2. The fourth-order valence-corrected chi connectivity index (χ4v) is 2.40. The van der Waals surface area contributed by atoms with Crippen molar-refractivity contribution in [2.24, 2.45) is 0 Å². The van der Waals surface area contributed by atoms with Gasteiger partial charge in [0.1, 0.15) is 5.75 Å². The SMILES string of the molecule is COc1cc(N(C)C)ccc1C(C(=O)NO)c1ccccc1. The molecule has 0 heterocycles. The lowest BCUT2D eigenvalue weighted by Gasteiger charge is -2.21. The van der Waals surface area contributed by atoms with Crippen LogP contribution in [0.5, 0.6) is 5.75 Å². The summed E-state index contributed by atoms with van der Waals surface area (Å²) in [5.41, 5.74) is 4.20. The molecule has 0 aliphatic heterocycles. The first-order valence-corrected chi connectivity index (χ1v) is 6.92. The number of carbonyl (C=O) groups is 1. The molecule has 0 radical (unpaired) electrons. The average Bonchev–Trinajstić information content (AvgIpc) is 2.55. The van der Waals surface area contributed by atoms with Gasteiger partial charge in [-0.15, -0.1) is 0 Å². The third-order valence-corrected chi connectivity index (χ3v) is 3.55. The van der Waals surface area contributed by atoms with E-state index in [0.717, 1.165) is 11.3 Å². The Labute approximate surface area is 130 Å². The second-order valence-corrected chi connectivity index (χ2v) is 5.14. The van der Waals surface area contributed by atoms with Gasteiger partial charge in [0.05, 0.1) is 13.0 Å². The van der Waals surface area contributed by atoms with E-state index < -0.39 is 11.8 Å². The number of rotatable bonds is 5. The maximum atomic E-state index is 12.2. The summed E-state index contributed by atoms with van der Waals surface area (Å²) in [7, 11) is 5.43.